The Morgan fingerprint density at radius 3 is 1.51 bits per heavy atom. The van der Waals surface area contributed by atoms with Gasteiger partial charge in [0.05, 0.1) is 53.7 Å². The lowest BCUT2D eigenvalue weighted by Gasteiger charge is -2.62. The standard InChI is InChI=1S/C24H30O6.C24H32O6.C24H30O5.CHI3.CH2I2.CH3I/c1-21-7-4-14(25)10-13(21)11-15(20(27)28-3)19-16-5-8-23(9-6-18(26)30-23)22(16,2)12-17-24(19,21)29-17;1-22-7-4-14(25)10-13(22)11-15(21(28)29-3)19-16-5-8-24(9-6-18(27)30-24)23(16,2)12-17(26)20(19)22;1-22-8-4-15(25)12-14(22)13-16(21(27)28-3)20-17(22)5-9-23(2)18(20)6-10-24(23)11-7-19(26)29-24;2-1(3)4;2-1-3;1-2/h10,15-17,19H,4-9,11-12H2,1-3H3;10,15-17,19-20,26H,4-9,11-12H2,1-3H3;5,12,16,18,20H,4,6-11,13H2,1-3H3;1H;1H2;1H3/t15-,16?,17-,19?,21+,22+,23-,24-;15-,16?,17-,19?,20?,22+,23+,24-;16-,18?,20?,22+,23+,24-;;;/m111.../s1. The molecule has 7 unspecified atom stereocenters. The monoisotopic (exact) mass is 2030 g/mol. The van der Waals surface area contributed by atoms with Crippen LogP contribution in [0.2, 0.25) is 0 Å². The molecule has 16 aliphatic rings. The SMILES string of the molecule is CI.COC(=O)[C@@H]1CC2=CC(=O)CC[C@]2(C)C2=CC[C@@]3(C)C(CC[C@@]34CCC(=O)O4)C21.COC(=O)[C@@H]1CC2=CC(=O)CC[C@]2(C)C2C1C1CC[C@@]3(CCC(=O)O3)[C@@]1(C)C[C@H]2O.COC(=O)[C@@H]1CC2=CC(=O)CC[C@]2(C)[C@@]23O[C@@H]2C[C@@]2(C)C(CC[C@@]24CCC(=O)O4)C13.IC(I)I.ICI. The molecule has 4 heterocycles. The lowest BCUT2D eigenvalue weighted by molar-refractivity contribution is -0.197. The molecular weight excluding hydrogens is 1930 g/mol. The minimum atomic E-state index is -0.611. The Morgan fingerprint density at radius 1 is 0.541 bits per heavy atom. The van der Waals surface area contributed by atoms with Crippen LogP contribution in [0.3, 0.4) is 0 Å². The molecule has 4 saturated heterocycles. The average Bonchev–Trinajstić information content (AvgIpc) is 1.47. The van der Waals surface area contributed by atoms with E-state index in [4.69, 9.17) is 33.2 Å². The van der Waals surface area contributed by atoms with Gasteiger partial charge in [0.15, 0.2) is 17.3 Å². The maximum absolute atomic E-state index is 13.0. The summed E-state index contributed by atoms with van der Waals surface area (Å²) in [4.78, 5) is 114. The Hall–Kier alpha value is -0.910. The molecule has 0 radical (unpaired) electrons. The molecule has 16 rings (SSSR count). The lowest BCUT2D eigenvalue weighted by atomic mass is 9.43. The third-order valence-corrected chi connectivity index (χ3v) is 29.2. The van der Waals surface area contributed by atoms with E-state index in [1.54, 1.807) is 18.2 Å². The highest BCUT2D eigenvalue weighted by molar-refractivity contribution is 14.3. The van der Waals surface area contributed by atoms with Gasteiger partial charge in [-0.2, -0.15) is 0 Å². The topological polar surface area (TPSA) is 242 Å². The van der Waals surface area contributed by atoms with Gasteiger partial charge in [0.2, 0.25) is 0 Å². The quantitative estimate of drug-likeness (QED) is 0.0689. The number of hydrogen-bond acceptors (Lipinski definition) is 17. The van der Waals surface area contributed by atoms with Crippen molar-refractivity contribution in [2.24, 2.45) is 91.7 Å². The first kappa shape index (κ1) is 78.2. The summed E-state index contributed by atoms with van der Waals surface area (Å²) in [6, 6.07) is 0. The number of esters is 6. The molecule has 0 aromatic heterocycles. The van der Waals surface area contributed by atoms with E-state index in [0.29, 0.717) is 77.0 Å². The lowest BCUT2D eigenvalue weighted by Crippen LogP contribution is -2.63. The number of epoxide rings is 1. The number of hydrogen-bond donors (Lipinski definition) is 1. The van der Waals surface area contributed by atoms with E-state index < -0.39 is 28.5 Å². The Morgan fingerprint density at radius 2 is 0.980 bits per heavy atom. The molecular formula is C75H98I6O17. The van der Waals surface area contributed by atoms with Gasteiger partial charge in [-0.1, -0.05) is 205 Å². The Balaban J connectivity index is 0.000000140. The van der Waals surface area contributed by atoms with Crippen LogP contribution in [0.4, 0.5) is 0 Å². The second-order valence-electron chi connectivity index (χ2n) is 32.3. The number of carbonyl (C=O) groups is 9. The molecule has 0 aromatic carbocycles. The zero-order valence-electron chi connectivity index (χ0n) is 58.2. The number of ether oxygens (including phenoxy) is 7. The van der Waals surface area contributed by atoms with E-state index in [0.717, 1.165) is 93.7 Å². The van der Waals surface area contributed by atoms with Crippen LogP contribution >= 0.6 is 136 Å². The number of ketones is 3. The number of aliphatic hydroxyl groups is 1. The van der Waals surface area contributed by atoms with Crippen LogP contribution in [0.1, 0.15) is 196 Å². The Labute approximate surface area is 660 Å². The first-order valence-corrected chi connectivity index (χ1v) is 44.3. The molecule has 0 aromatic rings. The zero-order valence-corrected chi connectivity index (χ0v) is 71.2. The van der Waals surface area contributed by atoms with E-state index in [2.05, 4.69) is 183 Å². The van der Waals surface area contributed by atoms with Crippen LogP contribution in [-0.2, 0) is 76.3 Å². The second-order valence-corrected chi connectivity index (χ2v) is 47.7. The molecule has 22 atom stereocenters. The van der Waals surface area contributed by atoms with E-state index >= 15 is 0 Å². The van der Waals surface area contributed by atoms with Crippen molar-refractivity contribution < 1.29 is 81.4 Å². The average molecular weight is 2030 g/mol. The van der Waals surface area contributed by atoms with Crippen LogP contribution in [0.15, 0.2) is 46.6 Å². The maximum atomic E-state index is 13.0. The number of carbonyl (C=O) groups excluding carboxylic acids is 9. The number of alkyl halides is 6. The van der Waals surface area contributed by atoms with Gasteiger partial charge >= 0.3 is 35.8 Å². The van der Waals surface area contributed by atoms with Crippen molar-refractivity contribution >= 4 is 189 Å². The van der Waals surface area contributed by atoms with E-state index in [1.165, 1.54) is 29.3 Å². The predicted molar refractivity (Wildman–Crippen MR) is 417 cm³/mol. The fraction of sp³-hybridized carbons (Fsp3) is 0.773. The van der Waals surface area contributed by atoms with Gasteiger partial charge in [-0.15, -0.1) is 0 Å². The highest BCUT2D eigenvalue weighted by Crippen LogP contribution is 2.79. The van der Waals surface area contributed by atoms with Crippen LogP contribution in [0.5, 0.6) is 0 Å². The van der Waals surface area contributed by atoms with Gasteiger partial charge in [0.25, 0.3) is 0 Å². The van der Waals surface area contributed by atoms with Crippen molar-refractivity contribution in [1.82, 2.24) is 0 Å². The molecule has 98 heavy (non-hydrogen) atoms. The predicted octanol–water partition coefficient (Wildman–Crippen LogP) is 15.4. The molecule has 0 amide bonds. The van der Waals surface area contributed by atoms with Crippen LogP contribution < -0.4 is 0 Å². The fourth-order valence-electron chi connectivity index (χ4n) is 24.6. The van der Waals surface area contributed by atoms with Crippen LogP contribution in [-0.4, -0.2) is 122 Å². The minimum Gasteiger partial charge on any atom is -0.469 e. The maximum Gasteiger partial charge on any atom is 0.309 e. The molecule has 17 nitrogen and oxygen atoms in total. The molecule has 8 saturated carbocycles. The number of fused-ring (bicyclic) bond motifs is 16. The van der Waals surface area contributed by atoms with Gasteiger partial charge < -0.3 is 38.3 Å². The summed E-state index contributed by atoms with van der Waals surface area (Å²) in [5.74, 6) is -0.833. The molecule has 12 aliphatic carbocycles. The molecule has 542 valence electrons. The number of halogens is 6. The number of allylic oxidation sites excluding steroid dienone is 5. The van der Waals surface area contributed by atoms with Gasteiger partial charge in [-0.25, -0.2) is 0 Å². The summed E-state index contributed by atoms with van der Waals surface area (Å²) >= 11 is 13.6. The van der Waals surface area contributed by atoms with Gasteiger partial charge in [0.1, 0.15) is 22.3 Å². The summed E-state index contributed by atoms with van der Waals surface area (Å²) in [7, 11) is 4.32. The van der Waals surface area contributed by atoms with E-state index in [1.807, 2.05) is 4.93 Å². The molecule has 23 heteroatoms. The third-order valence-electron chi connectivity index (χ3n) is 29.2. The van der Waals surface area contributed by atoms with Crippen molar-refractivity contribution in [3.05, 3.63) is 46.6 Å². The molecule has 12 fully saturated rings. The van der Waals surface area contributed by atoms with Crippen molar-refractivity contribution in [2.45, 2.75) is 230 Å². The fourth-order valence-corrected chi connectivity index (χ4v) is 24.6. The van der Waals surface area contributed by atoms with Crippen LogP contribution in [0, 0.1) is 91.7 Å². The van der Waals surface area contributed by atoms with Crippen molar-refractivity contribution in [3.63, 3.8) is 0 Å². The molecule has 0 bridgehead atoms. The number of aliphatic hydroxyl groups excluding tert-OH is 1. The van der Waals surface area contributed by atoms with Crippen molar-refractivity contribution in [3.8, 4) is 0 Å². The Kier molecular flexibility index (Phi) is 23.1. The molecule has 4 aliphatic heterocycles. The molecule has 1 N–H and O–H groups in total. The first-order chi connectivity index (χ1) is 46.2. The van der Waals surface area contributed by atoms with Crippen molar-refractivity contribution in [1.29, 1.82) is 0 Å². The van der Waals surface area contributed by atoms with E-state index in [-0.39, 0.29) is 151 Å². The summed E-state index contributed by atoms with van der Waals surface area (Å²) in [6.07, 6.45) is 23.9. The zero-order chi connectivity index (χ0) is 71.5. The number of methoxy groups -OCH3 is 3. The van der Waals surface area contributed by atoms with E-state index in [9.17, 15) is 48.3 Å². The minimum absolute atomic E-state index is 0.0303. The van der Waals surface area contributed by atoms with Gasteiger partial charge in [-0.05, 0) is 180 Å². The smallest absolute Gasteiger partial charge is 0.309 e. The normalized spacial score (nSPS) is 45.7. The van der Waals surface area contributed by atoms with Gasteiger partial charge in [-0.3, -0.25) is 43.2 Å². The second kappa shape index (κ2) is 29.0. The third kappa shape index (κ3) is 12.3. The van der Waals surface area contributed by atoms with Gasteiger partial charge in [0, 0.05) is 71.5 Å². The van der Waals surface area contributed by atoms with Crippen molar-refractivity contribution in [2.75, 3.05) is 28.7 Å². The summed E-state index contributed by atoms with van der Waals surface area (Å²) in [6.45, 7) is 13.4. The first-order valence-electron chi connectivity index (χ1n) is 35.3. The summed E-state index contributed by atoms with van der Waals surface area (Å²) in [5, 5.41) is 11.6. The highest BCUT2D eigenvalue weighted by Gasteiger charge is 2.84. The summed E-state index contributed by atoms with van der Waals surface area (Å²) in [5.41, 5.74) is 1.38. The molecule has 4 spiro atoms. The number of rotatable bonds is 3. The largest absolute Gasteiger partial charge is 0.469 e. The van der Waals surface area contributed by atoms with Crippen LogP contribution in [0.25, 0.3) is 0 Å². The summed E-state index contributed by atoms with van der Waals surface area (Å²) < 4.78 is 42.2. The highest BCUT2D eigenvalue weighted by atomic mass is 127. The Bertz CT molecular complexity index is 3360.